The zero-order valence-electron chi connectivity index (χ0n) is 19.4. The topological polar surface area (TPSA) is 60.9 Å². The van der Waals surface area contributed by atoms with Crippen molar-refractivity contribution in [2.75, 3.05) is 43.4 Å². The number of rotatable bonds is 9. The third-order valence-corrected chi connectivity index (χ3v) is 8.21. The number of nitrogens with zero attached hydrogens (tertiary/aromatic N) is 5. The lowest BCUT2D eigenvalue weighted by Crippen LogP contribution is -2.47. The van der Waals surface area contributed by atoms with E-state index < -0.39 is 0 Å². The molecule has 1 unspecified atom stereocenters. The molecule has 4 heterocycles. The summed E-state index contributed by atoms with van der Waals surface area (Å²) in [4.78, 5) is 23.6. The molecule has 1 N–H and O–H groups in total. The van der Waals surface area contributed by atoms with Gasteiger partial charge in [-0.05, 0) is 62.0 Å². The fourth-order valence-electron chi connectivity index (χ4n) is 4.25. The van der Waals surface area contributed by atoms with Gasteiger partial charge in [-0.15, -0.1) is 11.8 Å². The van der Waals surface area contributed by atoms with Crippen molar-refractivity contribution in [1.82, 2.24) is 24.8 Å². The Balaban J connectivity index is 1.10. The number of imidazole rings is 1. The van der Waals surface area contributed by atoms with Gasteiger partial charge in [-0.3, -0.25) is 9.88 Å². The van der Waals surface area contributed by atoms with Gasteiger partial charge >= 0.3 is 0 Å². The highest BCUT2D eigenvalue weighted by molar-refractivity contribution is 8.00. The Morgan fingerprint density at radius 3 is 2.59 bits per heavy atom. The van der Waals surface area contributed by atoms with Crippen LogP contribution in [0, 0.1) is 0 Å². The van der Waals surface area contributed by atoms with Gasteiger partial charge in [-0.25, -0.2) is 9.97 Å². The van der Waals surface area contributed by atoms with Gasteiger partial charge in [0.2, 0.25) is 0 Å². The van der Waals surface area contributed by atoms with Crippen molar-refractivity contribution in [3.05, 3.63) is 72.7 Å². The highest BCUT2D eigenvalue weighted by Gasteiger charge is 2.18. The molecule has 0 aliphatic carbocycles. The predicted molar refractivity (Wildman–Crippen MR) is 143 cm³/mol. The first kappa shape index (κ1) is 23.2. The van der Waals surface area contributed by atoms with E-state index in [1.54, 1.807) is 11.8 Å². The van der Waals surface area contributed by atoms with Gasteiger partial charge in [0.05, 0.1) is 22.0 Å². The maximum Gasteiger partial charge on any atom is 0.167 e. The maximum atomic E-state index is 4.73. The number of hydrogen-bond donors (Lipinski definition) is 1. The predicted octanol–water partition coefficient (Wildman–Crippen LogP) is 5.51. The average Bonchev–Trinajstić information content (AvgIpc) is 3.30. The number of aromatic nitrogens is 4. The van der Waals surface area contributed by atoms with E-state index in [9.17, 15) is 0 Å². The van der Waals surface area contributed by atoms with Crippen LogP contribution in [-0.4, -0.2) is 63.3 Å². The molecule has 0 saturated carbocycles. The molecule has 1 saturated heterocycles. The molecular formula is C26H30N6S2. The van der Waals surface area contributed by atoms with E-state index >= 15 is 0 Å². The van der Waals surface area contributed by atoms with E-state index in [-0.39, 0.29) is 5.25 Å². The van der Waals surface area contributed by atoms with Gasteiger partial charge < -0.3 is 9.88 Å². The number of para-hydroxylation sites is 2. The first-order valence-electron chi connectivity index (χ1n) is 11.8. The number of piperazine rings is 1. The summed E-state index contributed by atoms with van der Waals surface area (Å²) < 4.78 is 0. The molecule has 0 bridgehead atoms. The summed E-state index contributed by atoms with van der Waals surface area (Å²) in [6, 6.07) is 18.6. The SMILES string of the molecule is CC(Sc1nc2ccccc2[nH]1)c1ncccc1SCCCN1CCN(c2ccccn2)CC1. The average molecular weight is 491 g/mol. The molecule has 1 aliphatic heterocycles. The van der Waals surface area contributed by atoms with Crippen molar-refractivity contribution in [3.8, 4) is 0 Å². The summed E-state index contributed by atoms with van der Waals surface area (Å²) in [5.41, 5.74) is 3.23. The van der Waals surface area contributed by atoms with Crippen LogP contribution in [0.25, 0.3) is 11.0 Å². The second-order valence-corrected chi connectivity index (χ2v) is 10.9. The van der Waals surface area contributed by atoms with Crippen LogP contribution in [-0.2, 0) is 0 Å². The highest BCUT2D eigenvalue weighted by atomic mass is 32.2. The third-order valence-electron chi connectivity index (χ3n) is 6.06. The molecular weight excluding hydrogens is 460 g/mol. The Bertz CT molecular complexity index is 1160. The third kappa shape index (κ3) is 5.74. The van der Waals surface area contributed by atoms with Crippen LogP contribution in [0.5, 0.6) is 0 Å². The minimum absolute atomic E-state index is 0.226. The smallest absolute Gasteiger partial charge is 0.167 e. The van der Waals surface area contributed by atoms with Gasteiger partial charge in [-0.2, -0.15) is 0 Å². The minimum Gasteiger partial charge on any atom is -0.354 e. The number of pyridine rings is 2. The number of benzene rings is 1. The van der Waals surface area contributed by atoms with E-state index in [2.05, 4.69) is 51.0 Å². The van der Waals surface area contributed by atoms with Crippen molar-refractivity contribution in [2.45, 2.75) is 28.6 Å². The Morgan fingerprint density at radius 2 is 1.76 bits per heavy atom. The van der Waals surface area contributed by atoms with E-state index in [1.165, 1.54) is 11.3 Å². The van der Waals surface area contributed by atoms with Crippen molar-refractivity contribution in [3.63, 3.8) is 0 Å². The van der Waals surface area contributed by atoms with Crippen LogP contribution in [0.3, 0.4) is 0 Å². The number of hydrogen-bond acceptors (Lipinski definition) is 7. The van der Waals surface area contributed by atoms with Gasteiger partial charge in [0.1, 0.15) is 5.82 Å². The molecule has 0 radical (unpaired) electrons. The number of aromatic amines is 1. The first-order valence-corrected chi connectivity index (χ1v) is 13.7. The lowest BCUT2D eigenvalue weighted by atomic mass is 10.3. The first-order chi connectivity index (χ1) is 16.8. The van der Waals surface area contributed by atoms with Gasteiger partial charge in [0.15, 0.2) is 5.16 Å². The van der Waals surface area contributed by atoms with Gasteiger partial charge in [0, 0.05) is 43.5 Å². The Morgan fingerprint density at radius 1 is 0.941 bits per heavy atom. The summed E-state index contributed by atoms with van der Waals surface area (Å²) >= 11 is 3.66. The van der Waals surface area contributed by atoms with Crippen LogP contribution in [0.2, 0.25) is 0 Å². The lowest BCUT2D eigenvalue weighted by molar-refractivity contribution is 0.258. The number of fused-ring (bicyclic) bond motifs is 1. The molecule has 0 amide bonds. The zero-order valence-corrected chi connectivity index (χ0v) is 21.1. The maximum absolute atomic E-state index is 4.73. The molecule has 1 atom stereocenters. The minimum atomic E-state index is 0.226. The van der Waals surface area contributed by atoms with Crippen molar-refractivity contribution < 1.29 is 0 Å². The molecule has 176 valence electrons. The molecule has 6 nitrogen and oxygen atoms in total. The van der Waals surface area contributed by atoms with E-state index in [0.29, 0.717) is 0 Å². The number of anilines is 1. The van der Waals surface area contributed by atoms with E-state index in [0.717, 1.165) is 66.2 Å². The second kappa shape index (κ2) is 11.3. The Labute approximate surface area is 209 Å². The molecule has 5 rings (SSSR count). The van der Waals surface area contributed by atoms with Gasteiger partial charge in [0.25, 0.3) is 0 Å². The van der Waals surface area contributed by atoms with Crippen molar-refractivity contribution >= 4 is 40.4 Å². The molecule has 8 heteroatoms. The normalized spacial score (nSPS) is 15.6. The lowest BCUT2D eigenvalue weighted by Gasteiger charge is -2.35. The van der Waals surface area contributed by atoms with E-state index in [4.69, 9.17) is 9.97 Å². The molecule has 3 aromatic heterocycles. The molecule has 34 heavy (non-hydrogen) atoms. The van der Waals surface area contributed by atoms with Crippen LogP contribution >= 0.6 is 23.5 Å². The summed E-state index contributed by atoms with van der Waals surface area (Å²) in [7, 11) is 0. The fraction of sp³-hybridized carbons (Fsp3) is 0.346. The fourth-order valence-corrected chi connectivity index (χ4v) is 6.32. The van der Waals surface area contributed by atoms with Gasteiger partial charge in [-0.1, -0.05) is 30.0 Å². The molecule has 1 aromatic carbocycles. The van der Waals surface area contributed by atoms with Crippen molar-refractivity contribution in [2.24, 2.45) is 0 Å². The molecule has 1 fully saturated rings. The molecule has 0 spiro atoms. The quantitative estimate of drug-likeness (QED) is 0.245. The number of H-pyrrole nitrogens is 1. The van der Waals surface area contributed by atoms with Crippen LogP contribution in [0.4, 0.5) is 5.82 Å². The number of nitrogens with one attached hydrogen (secondary N) is 1. The molecule has 4 aromatic rings. The van der Waals surface area contributed by atoms with Crippen LogP contribution in [0.15, 0.2) is 77.0 Å². The second-order valence-electron chi connectivity index (χ2n) is 8.42. The monoisotopic (exact) mass is 490 g/mol. The summed E-state index contributed by atoms with van der Waals surface area (Å²) in [5, 5.41) is 1.17. The summed E-state index contributed by atoms with van der Waals surface area (Å²) in [6.45, 7) is 7.66. The van der Waals surface area contributed by atoms with E-state index in [1.807, 2.05) is 54.5 Å². The summed E-state index contributed by atoms with van der Waals surface area (Å²) in [6.07, 6.45) is 4.95. The number of thioether (sulfide) groups is 2. The van der Waals surface area contributed by atoms with Crippen molar-refractivity contribution in [1.29, 1.82) is 0 Å². The largest absolute Gasteiger partial charge is 0.354 e. The standard InChI is InChI=1S/C26H30N6S2/c1-20(34-26-29-21-8-2-3-9-22(21)30-26)25-23(10-6-13-28-25)33-19-7-14-31-15-17-32(18-16-31)24-11-4-5-12-27-24/h2-6,8-13,20H,7,14-19H2,1H3,(H,29,30). The summed E-state index contributed by atoms with van der Waals surface area (Å²) in [5.74, 6) is 2.19. The Kier molecular flexibility index (Phi) is 7.68. The zero-order chi connectivity index (χ0) is 23.2. The molecule has 1 aliphatic rings. The van der Waals surface area contributed by atoms with Crippen LogP contribution in [0.1, 0.15) is 24.3 Å². The Hall–Kier alpha value is -2.55. The highest BCUT2D eigenvalue weighted by Crippen LogP contribution is 2.37. The van der Waals surface area contributed by atoms with Crippen LogP contribution < -0.4 is 4.90 Å².